The number of aromatic nitrogens is 4. The lowest BCUT2D eigenvalue weighted by Gasteiger charge is -2.25. The van der Waals surface area contributed by atoms with E-state index >= 15 is 4.39 Å². The van der Waals surface area contributed by atoms with Gasteiger partial charge in [-0.1, -0.05) is 24.1 Å². The molecule has 4 rings (SSSR count). The van der Waals surface area contributed by atoms with Gasteiger partial charge in [-0.3, -0.25) is 13.9 Å². The number of carbonyl (C=O) groups excluding carboxylic acids is 1. The lowest BCUT2D eigenvalue weighted by Crippen LogP contribution is -2.42. The second-order valence-corrected chi connectivity index (χ2v) is 11.1. The zero-order valence-corrected chi connectivity index (χ0v) is 23.6. The summed E-state index contributed by atoms with van der Waals surface area (Å²) in [5.41, 5.74) is 3.36. The minimum atomic E-state index is -4.34. The first kappa shape index (κ1) is 30.2. The molecule has 0 unspecified atom stereocenters. The van der Waals surface area contributed by atoms with E-state index in [0.29, 0.717) is 0 Å². The van der Waals surface area contributed by atoms with Crippen molar-refractivity contribution in [3.63, 3.8) is 0 Å². The molecule has 0 aliphatic carbocycles. The van der Waals surface area contributed by atoms with Gasteiger partial charge in [0.2, 0.25) is 11.6 Å². The molecule has 1 aliphatic heterocycles. The average molecular weight is 592 g/mol. The molecule has 6 atom stereocenters. The zero-order chi connectivity index (χ0) is 29.9. The van der Waals surface area contributed by atoms with Gasteiger partial charge in [0.05, 0.1) is 19.0 Å². The Kier molecular flexibility index (Phi) is 8.81. The average Bonchev–Trinajstić information content (AvgIpc) is 3.45. The normalized spacial score (nSPS) is 24.5. The van der Waals surface area contributed by atoms with Crippen molar-refractivity contribution in [2.75, 3.05) is 24.7 Å². The Labute approximate surface area is 235 Å². The predicted octanol–water partition coefficient (Wildman–Crippen LogP) is 2.18. The largest absolute Gasteiger partial charge is 0.462 e. The molecule has 0 saturated carbocycles. The van der Waals surface area contributed by atoms with Gasteiger partial charge in [-0.15, -0.1) is 6.42 Å². The van der Waals surface area contributed by atoms with E-state index in [0.717, 1.165) is 0 Å². The number of hydrogen-bond donors (Lipinski definition) is 4. The van der Waals surface area contributed by atoms with Gasteiger partial charge in [-0.05, 0) is 32.9 Å². The van der Waals surface area contributed by atoms with Crippen LogP contribution in [0.5, 0.6) is 5.75 Å². The summed E-state index contributed by atoms with van der Waals surface area (Å²) in [5.74, 6) is 1.57. The van der Waals surface area contributed by atoms with Gasteiger partial charge in [0, 0.05) is 7.05 Å². The highest BCUT2D eigenvalue weighted by Crippen LogP contribution is 2.48. The highest BCUT2D eigenvalue weighted by Gasteiger charge is 2.58. The molecule has 0 bridgehead atoms. The molecule has 1 aromatic carbocycles. The maximum atomic E-state index is 16.1. The number of anilines is 2. The van der Waals surface area contributed by atoms with E-state index in [9.17, 15) is 14.5 Å². The predicted molar refractivity (Wildman–Crippen MR) is 146 cm³/mol. The first-order valence-electron chi connectivity index (χ1n) is 12.6. The van der Waals surface area contributed by atoms with Crippen molar-refractivity contribution in [3.05, 3.63) is 36.7 Å². The van der Waals surface area contributed by atoms with Crippen LogP contribution in [-0.2, 0) is 23.4 Å². The van der Waals surface area contributed by atoms with Crippen LogP contribution in [-0.4, -0.2) is 74.3 Å². The van der Waals surface area contributed by atoms with Crippen LogP contribution < -0.4 is 20.7 Å². The quantitative estimate of drug-likeness (QED) is 0.145. The Bertz CT molecular complexity index is 1480. The van der Waals surface area contributed by atoms with Gasteiger partial charge in [-0.2, -0.15) is 15.1 Å². The maximum absolute atomic E-state index is 16.1. The number of ether oxygens (including phenoxy) is 2. The highest BCUT2D eigenvalue weighted by molar-refractivity contribution is 7.52. The second kappa shape index (κ2) is 12.0. The lowest BCUT2D eigenvalue weighted by atomic mass is 9.97. The molecule has 1 saturated heterocycles. The SMILES string of the molecule is C#C[C@@]1(F)[C@H](O)[C@@H](CO[P@@](=O)(N[C@H](C)C(=O)OC(C)C)Oc2ccccc2)O[C@H]1n1cnc2c(NC)nc(N)nc21. The number of imidazole rings is 1. The first-order chi connectivity index (χ1) is 19.4. The van der Waals surface area contributed by atoms with E-state index in [1.165, 1.54) is 30.0 Å². The van der Waals surface area contributed by atoms with Gasteiger partial charge in [0.25, 0.3) is 0 Å². The summed E-state index contributed by atoms with van der Waals surface area (Å²) >= 11 is 0. The van der Waals surface area contributed by atoms with Crippen LogP contribution in [0, 0.1) is 12.3 Å². The summed E-state index contributed by atoms with van der Waals surface area (Å²) in [6.07, 6.45) is 1.32. The number of halogens is 1. The first-order valence-corrected chi connectivity index (χ1v) is 14.1. The number of terminal acetylenes is 1. The number of alkyl halides is 1. The number of hydrogen-bond acceptors (Lipinski definition) is 12. The number of nitrogen functional groups attached to an aromatic ring is 1. The molecule has 1 aliphatic rings. The molecule has 0 spiro atoms. The fraction of sp³-hybridized carbons (Fsp3) is 0.440. The molecule has 0 radical (unpaired) electrons. The van der Waals surface area contributed by atoms with Crippen molar-refractivity contribution in [3.8, 4) is 18.1 Å². The number of nitrogens with one attached hydrogen (secondary N) is 2. The van der Waals surface area contributed by atoms with Gasteiger partial charge >= 0.3 is 13.7 Å². The van der Waals surface area contributed by atoms with Crippen molar-refractivity contribution in [1.29, 1.82) is 0 Å². The van der Waals surface area contributed by atoms with E-state index in [2.05, 4.69) is 25.4 Å². The summed E-state index contributed by atoms with van der Waals surface area (Å²) in [6.45, 7) is 4.08. The molecule has 220 valence electrons. The smallest absolute Gasteiger partial charge is 0.459 e. The fourth-order valence-electron chi connectivity index (χ4n) is 4.10. The van der Waals surface area contributed by atoms with Gasteiger partial charge in [0.15, 0.2) is 23.2 Å². The molecule has 2 aromatic heterocycles. The number of fused-ring (bicyclic) bond motifs is 1. The number of nitrogens with zero attached hydrogens (tertiary/aromatic N) is 4. The number of para-hydroxylation sites is 1. The van der Waals surface area contributed by atoms with Crippen LogP contribution in [0.2, 0.25) is 0 Å². The number of nitrogens with two attached hydrogens (primary N) is 1. The summed E-state index contributed by atoms with van der Waals surface area (Å²) < 4.78 is 53.2. The molecule has 16 heteroatoms. The van der Waals surface area contributed by atoms with Gasteiger partial charge in [-0.25, -0.2) is 13.9 Å². The van der Waals surface area contributed by atoms with Crippen molar-refractivity contribution in [2.45, 2.75) is 57.0 Å². The molecule has 3 heterocycles. The Morgan fingerprint density at radius 3 is 2.68 bits per heavy atom. The standard InChI is InChI=1S/C25H31FN7O7P/c1-6-25(26)19(34)17(39-23(25)33-13-29-18-20(28-5)30-24(27)31-21(18)33)12-37-41(36,40-16-10-8-7-9-11-16)32-15(4)22(35)38-14(2)3/h1,7-11,13-15,17,19,23,34H,12H2,2-5H3,(H,32,36)(H3,27,28,30,31)/t15-,17-,19-,23-,25-,41+/m1/s1. The van der Waals surface area contributed by atoms with E-state index in [1.54, 1.807) is 39.1 Å². The van der Waals surface area contributed by atoms with Crippen LogP contribution in [0.25, 0.3) is 11.2 Å². The minimum absolute atomic E-state index is 0.0927. The number of carbonyl (C=O) groups is 1. The van der Waals surface area contributed by atoms with Crippen LogP contribution >= 0.6 is 7.75 Å². The Hall–Kier alpha value is -3.80. The van der Waals surface area contributed by atoms with E-state index in [4.69, 9.17) is 30.7 Å². The van der Waals surface area contributed by atoms with Crippen LogP contribution in [0.3, 0.4) is 0 Å². The third kappa shape index (κ3) is 6.27. The Balaban J connectivity index is 1.60. The van der Waals surface area contributed by atoms with Gasteiger partial charge < -0.3 is 30.2 Å². The maximum Gasteiger partial charge on any atom is 0.459 e. The minimum Gasteiger partial charge on any atom is -0.462 e. The molecule has 3 aromatic rings. The number of aliphatic hydroxyl groups excluding tert-OH is 1. The van der Waals surface area contributed by atoms with Crippen LogP contribution in [0.4, 0.5) is 16.2 Å². The van der Waals surface area contributed by atoms with Crippen LogP contribution in [0.1, 0.15) is 27.0 Å². The molecular formula is C25H31FN7O7P. The van der Waals surface area contributed by atoms with E-state index in [-0.39, 0.29) is 28.7 Å². The number of aliphatic hydroxyl groups is 1. The van der Waals surface area contributed by atoms with E-state index < -0.39 is 56.6 Å². The topological polar surface area (TPSA) is 185 Å². The van der Waals surface area contributed by atoms with Crippen molar-refractivity contribution >= 4 is 36.6 Å². The van der Waals surface area contributed by atoms with Crippen LogP contribution in [0.15, 0.2) is 36.7 Å². The monoisotopic (exact) mass is 591 g/mol. The summed E-state index contributed by atoms with van der Waals surface area (Å²) in [5, 5.41) is 16.2. The molecule has 1 fully saturated rings. The summed E-state index contributed by atoms with van der Waals surface area (Å²) in [7, 11) is -2.75. The molecule has 0 amide bonds. The molecular weight excluding hydrogens is 560 g/mol. The third-order valence-electron chi connectivity index (χ3n) is 6.03. The second-order valence-electron chi connectivity index (χ2n) is 9.42. The van der Waals surface area contributed by atoms with Crippen molar-refractivity contribution < 1.29 is 37.4 Å². The molecule has 5 N–H and O–H groups in total. The lowest BCUT2D eigenvalue weighted by molar-refractivity contribution is -0.149. The van der Waals surface area contributed by atoms with Crippen molar-refractivity contribution in [1.82, 2.24) is 24.6 Å². The van der Waals surface area contributed by atoms with Crippen molar-refractivity contribution in [2.24, 2.45) is 0 Å². The fourth-order valence-corrected chi connectivity index (χ4v) is 5.60. The zero-order valence-electron chi connectivity index (χ0n) is 22.7. The molecule has 14 nitrogen and oxygen atoms in total. The number of esters is 1. The Morgan fingerprint density at radius 2 is 2.05 bits per heavy atom. The van der Waals surface area contributed by atoms with Gasteiger partial charge in [0.1, 0.15) is 24.0 Å². The van der Waals surface area contributed by atoms with E-state index in [1.807, 2.05) is 5.92 Å². The highest BCUT2D eigenvalue weighted by atomic mass is 31.2. The molecule has 41 heavy (non-hydrogen) atoms. The number of benzene rings is 1. The Morgan fingerprint density at radius 1 is 1.34 bits per heavy atom. The number of rotatable bonds is 11. The summed E-state index contributed by atoms with van der Waals surface area (Å²) in [4.78, 5) is 24.7. The summed E-state index contributed by atoms with van der Waals surface area (Å²) in [6, 6.07) is 6.92. The third-order valence-corrected chi connectivity index (χ3v) is 7.67.